The van der Waals surface area contributed by atoms with Crippen molar-refractivity contribution in [1.82, 2.24) is 39.3 Å². The number of unbranched alkanes of at least 4 members (excludes halogenated alkanes) is 1. The number of nitrogens with one attached hydrogen (secondary N) is 1. The topological polar surface area (TPSA) is 116 Å². The highest BCUT2D eigenvalue weighted by atomic mass is 16.2. The van der Waals surface area contributed by atoms with E-state index in [1.807, 2.05) is 6.92 Å². The van der Waals surface area contributed by atoms with Crippen LogP contribution in [-0.2, 0) is 20.1 Å². The van der Waals surface area contributed by atoms with E-state index in [1.54, 1.807) is 23.2 Å². The lowest BCUT2D eigenvalue weighted by Crippen LogP contribution is -2.31. The van der Waals surface area contributed by atoms with Crippen LogP contribution in [0, 0.1) is 6.92 Å². The molecule has 3 heterocycles. The minimum atomic E-state index is -0.438. The summed E-state index contributed by atoms with van der Waals surface area (Å²) in [5, 5.41) is 11.3. The van der Waals surface area contributed by atoms with Crippen molar-refractivity contribution in [2.75, 3.05) is 0 Å². The van der Waals surface area contributed by atoms with E-state index >= 15 is 0 Å². The van der Waals surface area contributed by atoms with Crippen molar-refractivity contribution in [3.8, 4) is 0 Å². The molecule has 1 N–H and O–H groups in total. The van der Waals surface area contributed by atoms with Gasteiger partial charge in [-0.2, -0.15) is 0 Å². The summed E-state index contributed by atoms with van der Waals surface area (Å²) in [7, 11) is 1.74. The van der Waals surface area contributed by atoms with Gasteiger partial charge in [-0.15, -0.1) is 5.10 Å². The molecule has 0 aliphatic heterocycles. The first-order valence-corrected chi connectivity index (χ1v) is 7.44. The summed E-state index contributed by atoms with van der Waals surface area (Å²) in [6, 6.07) is 0. The van der Waals surface area contributed by atoms with E-state index < -0.39 is 11.2 Å². The molecule has 3 aromatic heterocycles. The number of aromatic amines is 1. The Morgan fingerprint density at radius 3 is 2.70 bits per heavy atom. The third-order valence-electron chi connectivity index (χ3n) is 3.84. The monoisotopic (exact) mass is 318 g/mol. The molecule has 0 fully saturated rings. The lowest BCUT2D eigenvalue weighted by molar-refractivity contribution is 0.595. The number of tetrazole rings is 1. The molecule has 0 spiro atoms. The summed E-state index contributed by atoms with van der Waals surface area (Å²) in [4.78, 5) is 31.1. The molecule has 0 bridgehead atoms. The van der Waals surface area contributed by atoms with Gasteiger partial charge in [0.15, 0.2) is 11.2 Å². The number of hydrogen-bond acceptors (Lipinski definition) is 6. The lowest BCUT2D eigenvalue weighted by Gasteiger charge is -2.04. The minimum absolute atomic E-state index is 0.325. The predicted octanol–water partition coefficient (Wildman–Crippen LogP) is -0.433. The standard InChI is InChI=1S/C13H18N8O2/c1-4-5-6-20-11-10(12(22)15-13(20)23)19(3)9(14-11)7-21-8(2)16-17-18-21/h4-7H2,1-3H3,(H,15,22,23). The maximum absolute atomic E-state index is 12.2. The highest BCUT2D eigenvalue weighted by molar-refractivity contribution is 5.70. The average molecular weight is 318 g/mol. The van der Waals surface area contributed by atoms with Crippen molar-refractivity contribution in [2.45, 2.75) is 39.8 Å². The number of fused-ring (bicyclic) bond motifs is 1. The smallest absolute Gasteiger partial charge is 0.324 e. The van der Waals surface area contributed by atoms with Crippen LogP contribution in [0.5, 0.6) is 0 Å². The van der Waals surface area contributed by atoms with Gasteiger partial charge in [-0.3, -0.25) is 14.3 Å². The van der Waals surface area contributed by atoms with Crippen LogP contribution in [0.25, 0.3) is 11.2 Å². The van der Waals surface area contributed by atoms with Crippen molar-refractivity contribution in [3.63, 3.8) is 0 Å². The molecule has 0 unspecified atom stereocenters. The maximum Gasteiger partial charge on any atom is 0.330 e. The molecule has 122 valence electrons. The fourth-order valence-electron chi connectivity index (χ4n) is 2.49. The summed E-state index contributed by atoms with van der Waals surface area (Å²) in [6.07, 6.45) is 1.77. The van der Waals surface area contributed by atoms with Gasteiger partial charge in [0.1, 0.15) is 18.2 Å². The first-order chi connectivity index (χ1) is 11.0. The zero-order chi connectivity index (χ0) is 16.6. The van der Waals surface area contributed by atoms with Crippen LogP contribution < -0.4 is 11.2 Å². The van der Waals surface area contributed by atoms with E-state index in [-0.39, 0.29) is 0 Å². The fraction of sp³-hybridized carbons (Fsp3) is 0.538. The first-order valence-electron chi connectivity index (χ1n) is 7.44. The van der Waals surface area contributed by atoms with E-state index in [9.17, 15) is 9.59 Å². The number of nitrogens with zero attached hydrogens (tertiary/aromatic N) is 7. The zero-order valence-corrected chi connectivity index (χ0v) is 13.3. The van der Waals surface area contributed by atoms with Gasteiger partial charge in [-0.1, -0.05) is 13.3 Å². The first kappa shape index (κ1) is 15.1. The molecule has 3 aromatic rings. The van der Waals surface area contributed by atoms with Crippen LogP contribution in [0.1, 0.15) is 31.4 Å². The SMILES string of the molecule is CCCCn1c(=O)[nH]c(=O)c2c1nc(Cn1nnnc1C)n2C. The largest absolute Gasteiger partial charge is 0.330 e. The summed E-state index contributed by atoms with van der Waals surface area (Å²) in [6.45, 7) is 4.67. The summed E-state index contributed by atoms with van der Waals surface area (Å²) in [5.74, 6) is 1.26. The molecular formula is C13H18N8O2. The Hall–Kier alpha value is -2.78. The number of hydrogen-bond donors (Lipinski definition) is 1. The zero-order valence-electron chi connectivity index (χ0n) is 13.3. The molecule has 0 aromatic carbocycles. The Bertz CT molecular complexity index is 961. The van der Waals surface area contributed by atoms with Gasteiger partial charge in [-0.25, -0.2) is 14.5 Å². The molecule has 0 aliphatic carbocycles. The minimum Gasteiger partial charge on any atom is -0.324 e. The number of H-pyrrole nitrogens is 1. The quantitative estimate of drug-likeness (QED) is 0.682. The summed E-state index contributed by atoms with van der Waals surface area (Å²) < 4.78 is 4.78. The van der Waals surface area contributed by atoms with Crippen LogP contribution in [-0.4, -0.2) is 39.3 Å². The molecular weight excluding hydrogens is 300 g/mol. The summed E-state index contributed by atoms with van der Waals surface area (Å²) >= 11 is 0. The van der Waals surface area contributed by atoms with Gasteiger partial charge in [-0.05, 0) is 23.8 Å². The second kappa shape index (κ2) is 5.78. The average Bonchev–Trinajstić information content (AvgIpc) is 3.04. The van der Waals surface area contributed by atoms with Gasteiger partial charge in [0.05, 0.1) is 0 Å². The third-order valence-corrected chi connectivity index (χ3v) is 3.84. The van der Waals surface area contributed by atoms with E-state index in [4.69, 9.17) is 0 Å². The second-order valence-corrected chi connectivity index (χ2v) is 5.41. The molecule has 23 heavy (non-hydrogen) atoms. The Labute approximate surface area is 130 Å². The van der Waals surface area contributed by atoms with Gasteiger partial charge in [0.2, 0.25) is 0 Å². The molecule has 10 nitrogen and oxygen atoms in total. The van der Waals surface area contributed by atoms with Crippen molar-refractivity contribution in [3.05, 3.63) is 32.5 Å². The van der Waals surface area contributed by atoms with Crippen molar-refractivity contribution >= 4 is 11.2 Å². The number of rotatable bonds is 5. The molecule has 3 rings (SSSR count). The van der Waals surface area contributed by atoms with E-state index in [2.05, 4.69) is 25.5 Å². The van der Waals surface area contributed by atoms with Crippen LogP contribution in [0.2, 0.25) is 0 Å². The normalized spacial score (nSPS) is 11.4. The highest BCUT2D eigenvalue weighted by Crippen LogP contribution is 2.11. The van der Waals surface area contributed by atoms with Crippen molar-refractivity contribution in [2.24, 2.45) is 7.05 Å². The number of aromatic nitrogens is 8. The van der Waals surface area contributed by atoms with Gasteiger partial charge in [0, 0.05) is 13.6 Å². The van der Waals surface area contributed by atoms with Gasteiger partial charge >= 0.3 is 5.69 Å². The molecule has 0 amide bonds. The Morgan fingerprint density at radius 1 is 1.26 bits per heavy atom. The van der Waals surface area contributed by atoms with E-state index in [0.717, 1.165) is 12.8 Å². The van der Waals surface area contributed by atoms with Gasteiger partial charge < -0.3 is 4.57 Å². The predicted molar refractivity (Wildman–Crippen MR) is 82.2 cm³/mol. The lowest BCUT2D eigenvalue weighted by atomic mass is 10.3. The van der Waals surface area contributed by atoms with Crippen LogP contribution in [0.4, 0.5) is 0 Å². The number of aryl methyl sites for hydroxylation is 3. The number of imidazole rings is 1. The molecule has 0 saturated carbocycles. The summed E-state index contributed by atoms with van der Waals surface area (Å²) in [5.41, 5.74) is -0.0940. The third kappa shape index (κ3) is 2.56. The second-order valence-electron chi connectivity index (χ2n) is 5.41. The van der Waals surface area contributed by atoms with Crippen molar-refractivity contribution in [1.29, 1.82) is 0 Å². The van der Waals surface area contributed by atoms with Crippen LogP contribution in [0.15, 0.2) is 9.59 Å². The van der Waals surface area contributed by atoms with Crippen LogP contribution >= 0.6 is 0 Å². The van der Waals surface area contributed by atoms with Gasteiger partial charge in [0.25, 0.3) is 5.56 Å². The molecule has 10 heteroatoms. The van der Waals surface area contributed by atoms with Crippen LogP contribution in [0.3, 0.4) is 0 Å². The molecule has 0 aliphatic rings. The van der Waals surface area contributed by atoms with Crippen molar-refractivity contribution < 1.29 is 0 Å². The fourth-order valence-corrected chi connectivity index (χ4v) is 2.49. The van der Waals surface area contributed by atoms with E-state index in [0.29, 0.717) is 35.9 Å². The molecule has 0 saturated heterocycles. The Balaban J connectivity index is 2.16. The van der Waals surface area contributed by atoms with E-state index in [1.165, 1.54) is 4.57 Å². The molecule has 0 radical (unpaired) electrons. The Morgan fingerprint density at radius 2 is 2.04 bits per heavy atom. The maximum atomic E-state index is 12.2. The molecule has 0 atom stereocenters. The highest BCUT2D eigenvalue weighted by Gasteiger charge is 2.17. The Kier molecular flexibility index (Phi) is 3.80.